The summed E-state index contributed by atoms with van der Waals surface area (Å²) in [6.45, 7) is 5.66. The van der Waals surface area contributed by atoms with Crippen LogP contribution in [0.25, 0.3) is 21.1 Å². The summed E-state index contributed by atoms with van der Waals surface area (Å²) in [6.07, 6.45) is 6.77. The van der Waals surface area contributed by atoms with E-state index in [9.17, 15) is 9.59 Å². The predicted octanol–water partition coefficient (Wildman–Crippen LogP) is 4.90. The lowest BCUT2D eigenvalue weighted by molar-refractivity contribution is 0.0530. The van der Waals surface area contributed by atoms with Crippen LogP contribution in [0.4, 0.5) is 0 Å². The number of aromatic nitrogens is 4. The molecule has 0 amide bonds. The molecule has 4 aromatic rings. The number of hydrogen-bond acceptors (Lipinski definition) is 9. The van der Waals surface area contributed by atoms with Crippen molar-refractivity contribution in [1.82, 2.24) is 19.9 Å². The number of carboxylic acids is 1. The normalized spacial score (nSPS) is 10.2. The van der Waals surface area contributed by atoms with Gasteiger partial charge in [-0.1, -0.05) is 0 Å². The molecule has 164 valence electrons. The molecule has 10 heteroatoms. The van der Waals surface area contributed by atoms with Crippen LogP contribution in [-0.4, -0.2) is 43.6 Å². The molecule has 1 N–H and O–H groups in total. The van der Waals surface area contributed by atoms with Gasteiger partial charge in [0.25, 0.3) is 0 Å². The number of aryl methyl sites for hydroxylation is 2. The number of nitrogens with zero attached hydrogens (tertiary/aromatic N) is 4. The Morgan fingerprint density at radius 1 is 0.906 bits per heavy atom. The Bertz CT molecular complexity index is 1210. The van der Waals surface area contributed by atoms with Gasteiger partial charge in [0.1, 0.15) is 19.8 Å². The molecular formula is C22H20N4O4S2. The molecule has 0 aliphatic rings. The molecule has 0 aliphatic heterocycles. The van der Waals surface area contributed by atoms with Crippen molar-refractivity contribution < 1.29 is 19.4 Å². The summed E-state index contributed by atoms with van der Waals surface area (Å²) in [6, 6.07) is 7.42. The molecule has 0 aliphatic carbocycles. The number of carboxylic acid groups (broad SMARTS) is 1. The number of carbonyl (C=O) groups is 2. The molecule has 0 atom stereocenters. The third-order valence-corrected chi connectivity index (χ3v) is 6.45. The van der Waals surface area contributed by atoms with E-state index in [-0.39, 0.29) is 10.8 Å². The molecule has 0 spiro atoms. The van der Waals surface area contributed by atoms with Crippen LogP contribution in [0.15, 0.2) is 49.1 Å². The van der Waals surface area contributed by atoms with E-state index in [1.54, 1.807) is 44.7 Å². The van der Waals surface area contributed by atoms with E-state index in [1.807, 2.05) is 25.1 Å². The largest absolute Gasteiger partial charge is 0.477 e. The molecule has 0 aromatic carbocycles. The van der Waals surface area contributed by atoms with Crippen LogP contribution in [0.3, 0.4) is 0 Å². The molecule has 32 heavy (non-hydrogen) atoms. The highest BCUT2D eigenvalue weighted by Crippen LogP contribution is 2.28. The fourth-order valence-corrected chi connectivity index (χ4v) is 4.45. The lowest BCUT2D eigenvalue weighted by atomic mass is 10.3. The Morgan fingerprint density at radius 3 is 1.81 bits per heavy atom. The maximum Gasteiger partial charge on any atom is 0.350 e. The van der Waals surface area contributed by atoms with Gasteiger partial charge in [-0.15, -0.1) is 22.7 Å². The average Bonchev–Trinajstić information content (AvgIpc) is 3.39. The predicted molar refractivity (Wildman–Crippen MR) is 123 cm³/mol. The summed E-state index contributed by atoms with van der Waals surface area (Å²) in [5.41, 5.74) is 3.01. The summed E-state index contributed by atoms with van der Waals surface area (Å²) in [5, 5.41) is 10.4. The first kappa shape index (κ1) is 23.2. The maximum absolute atomic E-state index is 11.6. The summed E-state index contributed by atoms with van der Waals surface area (Å²) in [4.78, 5) is 39.9. The highest BCUT2D eigenvalue weighted by molar-refractivity contribution is 7.17. The number of pyridine rings is 2. The maximum atomic E-state index is 11.6. The molecule has 0 saturated carbocycles. The van der Waals surface area contributed by atoms with Gasteiger partial charge >= 0.3 is 11.9 Å². The smallest absolute Gasteiger partial charge is 0.350 e. The fourth-order valence-electron chi connectivity index (χ4n) is 2.60. The molecule has 0 fully saturated rings. The van der Waals surface area contributed by atoms with Crippen molar-refractivity contribution in [2.75, 3.05) is 6.61 Å². The number of hydrogen-bond donors (Lipinski definition) is 1. The van der Waals surface area contributed by atoms with Crippen molar-refractivity contribution >= 4 is 34.6 Å². The third-order valence-electron chi connectivity index (χ3n) is 4.07. The van der Waals surface area contributed by atoms with Gasteiger partial charge in [-0.05, 0) is 45.0 Å². The molecule has 0 radical (unpaired) electrons. The van der Waals surface area contributed by atoms with E-state index in [4.69, 9.17) is 9.84 Å². The van der Waals surface area contributed by atoms with Gasteiger partial charge in [0.2, 0.25) is 0 Å². The minimum atomic E-state index is -0.930. The lowest BCUT2D eigenvalue weighted by Crippen LogP contribution is -2.03. The zero-order valence-corrected chi connectivity index (χ0v) is 19.2. The Morgan fingerprint density at radius 2 is 1.41 bits per heavy atom. The summed E-state index contributed by atoms with van der Waals surface area (Å²) in [5.74, 6) is -1.24. The van der Waals surface area contributed by atoms with E-state index in [0.29, 0.717) is 27.9 Å². The van der Waals surface area contributed by atoms with Crippen LogP contribution in [0.5, 0.6) is 0 Å². The minimum Gasteiger partial charge on any atom is -0.477 e. The van der Waals surface area contributed by atoms with Gasteiger partial charge in [-0.25, -0.2) is 19.6 Å². The van der Waals surface area contributed by atoms with E-state index < -0.39 is 5.97 Å². The standard InChI is InChI=1S/C12H12N2O2S.C10H8N2O2S/c1-3-16-12(15)10-8(2)14-11(17-10)9-5-4-6-13-7-9;1-6-8(10(13)14)15-9(12-6)7-3-2-4-11-5-7/h4-7H,3H2,1-2H3;2-5H,1H3,(H,13,14). The first-order valence-electron chi connectivity index (χ1n) is 9.56. The van der Waals surface area contributed by atoms with Gasteiger partial charge in [0, 0.05) is 35.9 Å². The van der Waals surface area contributed by atoms with Crippen molar-refractivity contribution in [2.45, 2.75) is 20.8 Å². The number of carbonyl (C=O) groups excluding carboxylic acids is 1. The molecule has 4 heterocycles. The Hall–Kier alpha value is -3.50. The van der Waals surface area contributed by atoms with Gasteiger partial charge in [-0.3, -0.25) is 9.97 Å². The summed E-state index contributed by atoms with van der Waals surface area (Å²) in [7, 11) is 0. The molecule has 4 aromatic heterocycles. The number of esters is 1. The highest BCUT2D eigenvalue weighted by Gasteiger charge is 2.17. The van der Waals surface area contributed by atoms with Gasteiger partial charge in [0.15, 0.2) is 0 Å². The van der Waals surface area contributed by atoms with Gasteiger partial charge in [0.05, 0.1) is 18.0 Å². The first-order valence-corrected chi connectivity index (χ1v) is 11.2. The Kier molecular flexibility index (Phi) is 7.74. The summed E-state index contributed by atoms with van der Waals surface area (Å²) < 4.78 is 4.97. The number of aromatic carboxylic acids is 1. The number of ether oxygens (including phenoxy) is 1. The third kappa shape index (κ3) is 5.59. The minimum absolute atomic E-state index is 0.286. The van der Waals surface area contributed by atoms with E-state index in [0.717, 1.165) is 16.1 Å². The van der Waals surface area contributed by atoms with Gasteiger partial charge < -0.3 is 9.84 Å². The second-order valence-corrected chi connectivity index (χ2v) is 8.37. The van der Waals surface area contributed by atoms with E-state index in [2.05, 4.69) is 19.9 Å². The molecule has 0 unspecified atom stereocenters. The highest BCUT2D eigenvalue weighted by atomic mass is 32.1. The number of rotatable bonds is 5. The number of thiazole rings is 2. The average molecular weight is 469 g/mol. The zero-order chi connectivity index (χ0) is 23.1. The quantitative estimate of drug-likeness (QED) is 0.411. The summed E-state index contributed by atoms with van der Waals surface area (Å²) >= 11 is 2.51. The van der Waals surface area contributed by atoms with Crippen molar-refractivity contribution in [3.63, 3.8) is 0 Å². The molecule has 8 nitrogen and oxygen atoms in total. The lowest BCUT2D eigenvalue weighted by Gasteiger charge is -1.97. The topological polar surface area (TPSA) is 115 Å². The van der Waals surface area contributed by atoms with E-state index in [1.165, 1.54) is 22.7 Å². The van der Waals surface area contributed by atoms with Crippen molar-refractivity contribution in [1.29, 1.82) is 0 Å². The van der Waals surface area contributed by atoms with Gasteiger partial charge in [-0.2, -0.15) is 0 Å². The molecule has 0 bridgehead atoms. The van der Waals surface area contributed by atoms with Crippen LogP contribution >= 0.6 is 22.7 Å². The van der Waals surface area contributed by atoms with Crippen molar-refractivity contribution in [3.05, 3.63) is 70.2 Å². The Balaban J connectivity index is 0.000000182. The van der Waals surface area contributed by atoms with Crippen molar-refractivity contribution in [2.24, 2.45) is 0 Å². The second kappa shape index (κ2) is 10.7. The van der Waals surface area contributed by atoms with E-state index >= 15 is 0 Å². The SMILES string of the molecule is CCOC(=O)c1sc(-c2cccnc2)nc1C.Cc1nc(-c2cccnc2)sc1C(=O)O. The second-order valence-electron chi connectivity index (χ2n) is 6.38. The van der Waals surface area contributed by atoms with Crippen molar-refractivity contribution in [3.8, 4) is 21.1 Å². The van der Waals surface area contributed by atoms with Crippen LogP contribution in [0.1, 0.15) is 37.7 Å². The first-order chi connectivity index (χ1) is 15.4. The molecular weight excluding hydrogens is 448 g/mol. The van der Waals surface area contributed by atoms with Crippen LogP contribution in [-0.2, 0) is 4.74 Å². The monoisotopic (exact) mass is 468 g/mol. The van der Waals surface area contributed by atoms with Crippen LogP contribution in [0, 0.1) is 13.8 Å². The van der Waals surface area contributed by atoms with Crippen LogP contribution < -0.4 is 0 Å². The Labute approximate surface area is 192 Å². The fraction of sp³-hybridized carbons (Fsp3) is 0.182. The molecule has 4 rings (SSSR count). The zero-order valence-electron chi connectivity index (χ0n) is 17.6. The van der Waals surface area contributed by atoms with Crippen LogP contribution in [0.2, 0.25) is 0 Å². The molecule has 0 saturated heterocycles.